The van der Waals surface area contributed by atoms with Crippen LogP contribution in [0.25, 0.3) is 0 Å². The zero-order chi connectivity index (χ0) is 14.4. The van der Waals surface area contributed by atoms with Crippen LogP contribution in [0.3, 0.4) is 0 Å². The lowest BCUT2D eigenvalue weighted by Crippen LogP contribution is -2.28. The van der Waals surface area contributed by atoms with E-state index >= 15 is 0 Å². The van der Waals surface area contributed by atoms with Gasteiger partial charge in [0.1, 0.15) is 19.3 Å². The van der Waals surface area contributed by atoms with E-state index in [4.69, 9.17) is 19.3 Å². The van der Waals surface area contributed by atoms with Crippen molar-refractivity contribution in [2.75, 3.05) is 19.8 Å². The van der Waals surface area contributed by atoms with Crippen molar-refractivity contribution >= 4 is 11.9 Å². The third-order valence-corrected chi connectivity index (χ3v) is 3.15. The molecule has 3 rings (SSSR count). The van der Waals surface area contributed by atoms with E-state index in [2.05, 4.69) is 4.74 Å². The van der Waals surface area contributed by atoms with Gasteiger partial charge in [-0.2, -0.15) is 0 Å². The van der Waals surface area contributed by atoms with E-state index in [0.717, 1.165) is 25.9 Å². The van der Waals surface area contributed by atoms with Crippen LogP contribution >= 0.6 is 0 Å². The standard InChI is InChI=1S/C9H14O4.C4H6O3/c10-8-5-7(6-12-8)13-9-3-1-2-4-11-9;5-3-1-4(6)7-2-3/h7,9H,1-6H2;3,5H,1-2H2. The van der Waals surface area contributed by atoms with E-state index in [1.807, 2.05) is 0 Å². The second kappa shape index (κ2) is 7.56. The van der Waals surface area contributed by atoms with Crippen LogP contribution in [0.15, 0.2) is 0 Å². The quantitative estimate of drug-likeness (QED) is 0.722. The Kier molecular flexibility index (Phi) is 5.75. The second-order valence-electron chi connectivity index (χ2n) is 4.98. The number of aliphatic hydroxyl groups is 1. The fourth-order valence-corrected chi connectivity index (χ4v) is 2.11. The number of hydrogen-bond donors (Lipinski definition) is 1. The Morgan fingerprint density at radius 1 is 1.05 bits per heavy atom. The molecule has 3 atom stereocenters. The molecule has 3 fully saturated rings. The lowest BCUT2D eigenvalue weighted by Gasteiger charge is -2.24. The minimum atomic E-state index is -0.549. The zero-order valence-corrected chi connectivity index (χ0v) is 11.3. The molecule has 0 saturated carbocycles. The minimum absolute atomic E-state index is 0.0874. The van der Waals surface area contributed by atoms with Crippen molar-refractivity contribution in [1.29, 1.82) is 0 Å². The Labute approximate surface area is 117 Å². The molecule has 3 heterocycles. The van der Waals surface area contributed by atoms with Crippen LogP contribution < -0.4 is 0 Å². The third kappa shape index (κ3) is 5.07. The Hall–Kier alpha value is -1.18. The Morgan fingerprint density at radius 2 is 1.80 bits per heavy atom. The Morgan fingerprint density at radius 3 is 2.25 bits per heavy atom. The highest BCUT2D eigenvalue weighted by Gasteiger charge is 2.28. The topological polar surface area (TPSA) is 91.3 Å². The van der Waals surface area contributed by atoms with Crippen molar-refractivity contribution < 1.29 is 33.6 Å². The molecule has 0 aromatic carbocycles. The maximum Gasteiger partial charge on any atom is 0.308 e. The highest BCUT2D eigenvalue weighted by Crippen LogP contribution is 2.19. The molecule has 0 bridgehead atoms. The summed E-state index contributed by atoms with van der Waals surface area (Å²) in [5, 5.41) is 8.55. The van der Waals surface area contributed by atoms with Gasteiger partial charge < -0.3 is 24.1 Å². The van der Waals surface area contributed by atoms with Gasteiger partial charge in [-0.25, -0.2) is 0 Å². The molecule has 0 radical (unpaired) electrons. The first kappa shape index (κ1) is 15.2. The summed E-state index contributed by atoms with van der Waals surface area (Å²) in [6, 6.07) is 0. The molecule has 3 unspecified atom stereocenters. The van der Waals surface area contributed by atoms with Gasteiger partial charge in [0.15, 0.2) is 6.29 Å². The lowest BCUT2D eigenvalue weighted by atomic mass is 10.2. The summed E-state index contributed by atoms with van der Waals surface area (Å²) in [4.78, 5) is 20.8. The molecular formula is C13H20O7. The van der Waals surface area contributed by atoms with E-state index in [9.17, 15) is 9.59 Å². The van der Waals surface area contributed by atoms with E-state index in [1.54, 1.807) is 0 Å². The van der Waals surface area contributed by atoms with E-state index in [-0.39, 0.29) is 37.4 Å². The van der Waals surface area contributed by atoms with Crippen LogP contribution in [-0.2, 0) is 28.5 Å². The number of carbonyl (C=O) groups is 2. The molecule has 7 heteroatoms. The van der Waals surface area contributed by atoms with Crippen LogP contribution in [-0.4, -0.2) is 55.4 Å². The molecule has 7 nitrogen and oxygen atoms in total. The third-order valence-electron chi connectivity index (χ3n) is 3.15. The molecule has 20 heavy (non-hydrogen) atoms. The van der Waals surface area contributed by atoms with Crippen LogP contribution in [0.2, 0.25) is 0 Å². The predicted octanol–water partition coefficient (Wildman–Crippen LogP) is 0.139. The smallest absolute Gasteiger partial charge is 0.308 e. The molecule has 3 aliphatic rings. The zero-order valence-electron chi connectivity index (χ0n) is 11.3. The summed E-state index contributed by atoms with van der Waals surface area (Å²) in [5.41, 5.74) is 0. The highest BCUT2D eigenvalue weighted by atomic mass is 16.7. The van der Waals surface area contributed by atoms with Gasteiger partial charge in [0.05, 0.1) is 18.9 Å². The molecule has 3 saturated heterocycles. The molecule has 0 amide bonds. The largest absolute Gasteiger partial charge is 0.463 e. The van der Waals surface area contributed by atoms with Crippen LogP contribution in [0, 0.1) is 0 Å². The van der Waals surface area contributed by atoms with Gasteiger partial charge in [-0.05, 0) is 19.3 Å². The summed E-state index contributed by atoms with van der Waals surface area (Å²) in [5.74, 6) is -0.465. The van der Waals surface area contributed by atoms with Gasteiger partial charge in [-0.3, -0.25) is 9.59 Å². The number of cyclic esters (lactones) is 2. The summed E-state index contributed by atoms with van der Waals surface area (Å²) in [6.45, 7) is 1.34. The van der Waals surface area contributed by atoms with Crippen LogP contribution in [0.4, 0.5) is 0 Å². The van der Waals surface area contributed by atoms with E-state index < -0.39 is 6.10 Å². The summed E-state index contributed by atoms with van der Waals surface area (Å²) < 4.78 is 20.1. The number of carbonyl (C=O) groups excluding carboxylic acids is 2. The number of rotatable bonds is 2. The average Bonchev–Trinajstić information content (AvgIpc) is 3.00. The average molecular weight is 288 g/mol. The summed E-state index contributed by atoms with van der Waals surface area (Å²) in [6.07, 6.45) is 2.98. The molecular weight excluding hydrogens is 268 g/mol. The van der Waals surface area contributed by atoms with Crippen molar-refractivity contribution in [2.24, 2.45) is 0 Å². The Bertz CT molecular complexity index is 338. The van der Waals surface area contributed by atoms with E-state index in [0.29, 0.717) is 13.0 Å². The fraction of sp³-hybridized carbons (Fsp3) is 0.846. The van der Waals surface area contributed by atoms with Gasteiger partial charge in [0.25, 0.3) is 0 Å². The number of hydrogen-bond acceptors (Lipinski definition) is 7. The molecule has 114 valence electrons. The molecule has 0 spiro atoms. The maximum atomic E-state index is 10.8. The first-order valence-corrected chi connectivity index (χ1v) is 6.90. The molecule has 3 aliphatic heterocycles. The maximum absolute atomic E-state index is 10.8. The van der Waals surface area contributed by atoms with Gasteiger partial charge in [0.2, 0.25) is 0 Å². The number of esters is 2. The first-order valence-electron chi connectivity index (χ1n) is 6.90. The second-order valence-corrected chi connectivity index (χ2v) is 4.98. The van der Waals surface area contributed by atoms with Crippen molar-refractivity contribution in [3.8, 4) is 0 Å². The SMILES string of the molecule is O=C1CC(O)CO1.O=C1CC(OC2CCCCO2)CO1. The monoisotopic (exact) mass is 288 g/mol. The normalized spacial score (nSPS) is 33.1. The van der Waals surface area contributed by atoms with Crippen LogP contribution in [0.5, 0.6) is 0 Å². The molecule has 0 aliphatic carbocycles. The Balaban J connectivity index is 0.000000178. The van der Waals surface area contributed by atoms with E-state index in [1.165, 1.54) is 0 Å². The van der Waals surface area contributed by atoms with Gasteiger partial charge >= 0.3 is 11.9 Å². The first-order chi connectivity index (χ1) is 9.63. The molecule has 1 N–H and O–H groups in total. The predicted molar refractivity (Wildman–Crippen MR) is 65.6 cm³/mol. The van der Waals surface area contributed by atoms with Crippen molar-refractivity contribution in [3.63, 3.8) is 0 Å². The fourth-order valence-electron chi connectivity index (χ4n) is 2.11. The summed E-state index contributed by atoms with van der Waals surface area (Å²) in [7, 11) is 0. The lowest BCUT2D eigenvalue weighted by molar-refractivity contribution is -0.186. The van der Waals surface area contributed by atoms with Crippen LogP contribution in [0.1, 0.15) is 32.1 Å². The van der Waals surface area contributed by atoms with Crippen molar-refractivity contribution in [2.45, 2.75) is 50.6 Å². The summed E-state index contributed by atoms with van der Waals surface area (Å²) >= 11 is 0. The van der Waals surface area contributed by atoms with Crippen molar-refractivity contribution in [1.82, 2.24) is 0 Å². The number of ether oxygens (including phenoxy) is 4. The number of aliphatic hydroxyl groups excluding tert-OH is 1. The molecule has 0 aromatic heterocycles. The van der Waals surface area contributed by atoms with Gasteiger partial charge in [-0.15, -0.1) is 0 Å². The minimum Gasteiger partial charge on any atom is -0.463 e. The highest BCUT2D eigenvalue weighted by molar-refractivity contribution is 5.72. The van der Waals surface area contributed by atoms with Gasteiger partial charge in [0, 0.05) is 6.61 Å². The van der Waals surface area contributed by atoms with Gasteiger partial charge in [-0.1, -0.05) is 0 Å². The van der Waals surface area contributed by atoms with Crippen molar-refractivity contribution in [3.05, 3.63) is 0 Å². The molecule has 0 aromatic rings.